The molecule has 2 fully saturated rings. The highest BCUT2D eigenvalue weighted by Crippen LogP contribution is 2.66. The smallest absolute Gasteiger partial charge is 0.201 e. The summed E-state index contributed by atoms with van der Waals surface area (Å²) in [6, 6.07) is 15.6. The third-order valence-electron chi connectivity index (χ3n) is 7.44. The minimum atomic E-state index is -1.15. The van der Waals surface area contributed by atoms with Gasteiger partial charge in [0.1, 0.15) is 13.1 Å². The zero-order chi connectivity index (χ0) is 21.9. The lowest BCUT2D eigenvalue weighted by Crippen LogP contribution is -2.37. The van der Waals surface area contributed by atoms with Gasteiger partial charge in [0, 0.05) is 40.7 Å². The molecule has 164 valence electrons. The minimum Gasteiger partial charge on any atom is -0.392 e. The van der Waals surface area contributed by atoms with Crippen LogP contribution < -0.4 is 4.90 Å². The van der Waals surface area contributed by atoms with E-state index in [2.05, 4.69) is 82.7 Å². The van der Waals surface area contributed by atoms with Crippen molar-refractivity contribution in [3.05, 3.63) is 87.9 Å². The van der Waals surface area contributed by atoms with Crippen LogP contribution in [0.15, 0.2) is 76.1 Å². The summed E-state index contributed by atoms with van der Waals surface area (Å²) in [7, 11) is -1.15. The number of rotatable bonds is 3. The van der Waals surface area contributed by atoms with Crippen molar-refractivity contribution in [3.8, 4) is 0 Å². The molecule has 1 aliphatic carbocycles. The van der Waals surface area contributed by atoms with Crippen LogP contribution in [-0.4, -0.2) is 54.1 Å². The molecule has 3 nitrogen and oxygen atoms in total. The van der Waals surface area contributed by atoms with Crippen LogP contribution in [-0.2, 0) is 6.61 Å². The van der Waals surface area contributed by atoms with Crippen LogP contribution in [0, 0.1) is 0 Å². The quantitative estimate of drug-likeness (QED) is 0.680. The van der Waals surface area contributed by atoms with E-state index < -0.39 is 10.0 Å². The second kappa shape index (κ2) is 7.50. The van der Waals surface area contributed by atoms with E-state index in [1.807, 2.05) is 0 Å². The zero-order valence-corrected chi connectivity index (χ0v) is 19.8. The van der Waals surface area contributed by atoms with Crippen molar-refractivity contribution in [1.29, 1.82) is 0 Å². The summed E-state index contributed by atoms with van der Waals surface area (Å²) >= 11 is 0. The zero-order valence-electron chi connectivity index (χ0n) is 19.0. The first kappa shape index (κ1) is 20.1. The molecule has 0 bridgehead atoms. The van der Waals surface area contributed by atoms with Gasteiger partial charge in [-0.15, -0.1) is 0 Å². The van der Waals surface area contributed by atoms with E-state index in [-0.39, 0.29) is 6.61 Å². The lowest BCUT2D eigenvalue weighted by Gasteiger charge is -2.44. The van der Waals surface area contributed by atoms with Crippen LogP contribution >= 0.6 is 10.0 Å². The number of hydrogen-bond acceptors (Lipinski definition) is 2. The molecule has 0 aromatic heterocycles. The number of aliphatic hydroxyl groups excluding tert-OH is 1. The summed E-state index contributed by atoms with van der Waals surface area (Å²) < 4.78 is 2.50. The molecule has 0 spiro atoms. The molecule has 3 aliphatic heterocycles. The fraction of sp³-hybridized carbons (Fsp3) is 0.321. The lowest BCUT2D eigenvalue weighted by molar-refractivity contribution is -0.582. The van der Waals surface area contributed by atoms with Crippen LogP contribution in [0.4, 0.5) is 5.69 Å². The normalized spacial score (nSPS) is 22.0. The molecule has 4 heteroatoms. The Morgan fingerprint density at radius 3 is 2.38 bits per heavy atom. The van der Waals surface area contributed by atoms with Gasteiger partial charge in [0.05, 0.1) is 13.0 Å². The maximum atomic E-state index is 9.53. The van der Waals surface area contributed by atoms with Crippen molar-refractivity contribution in [2.75, 3.05) is 43.6 Å². The number of aliphatic hydroxyl groups is 1. The van der Waals surface area contributed by atoms with E-state index in [1.54, 1.807) is 0 Å². The first-order chi connectivity index (χ1) is 15.6. The molecular weight excluding hydrogens is 412 g/mol. The average Bonchev–Trinajstić information content (AvgIpc) is 2.73. The Hall–Kier alpha value is -2.56. The van der Waals surface area contributed by atoms with Crippen LogP contribution in [0.3, 0.4) is 0 Å². The first-order valence-electron chi connectivity index (χ1n) is 11.7. The molecule has 2 aromatic rings. The van der Waals surface area contributed by atoms with Crippen LogP contribution in [0.2, 0.25) is 0 Å². The van der Waals surface area contributed by atoms with Crippen molar-refractivity contribution in [2.24, 2.45) is 0 Å². The van der Waals surface area contributed by atoms with E-state index in [4.69, 9.17) is 0 Å². The van der Waals surface area contributed by atoms with Gasteiger partial charge in [0.15, 0.2) is 0 Å². The first-order valence-corrected chi connectivity index (χ1v) is 14.1. The van der Waals surface area contributed by atoms with Gasteiger partial charge in [-0.1, -0.05) is 30.3 Å². The fourth-order valence-electron chi connectivity index (χ4n) is 5.17. The van der Waals surface area contributed by atoms with Crippen molar-refractivity contribution in [1.82, 2.24) is 0 Å². The molecular formula is C28H31N2OS+. The predicted molar refractivity (Wildman–Crippen MR) is 136 cm³/mol. The summed E-state index contributed by atoms with van der Waals surface area (Å²) in [5.41, 5.74) is 8.99. The van der Waals surface area contributed by atoms with E-state index in [9.17, 15) is 5.11 Å². The molecule has 1 N–H and O–H groups in total. The summed E-state index contributed by atoms with van der Waals surface area (Å²) in [5.74, 6) is 0. The van der Waals surface area contributed by atoms with Gasteiger partial charge in [0.25, 0.3) is 0 Å². The van der Waals surface area contributed by atoms with Crippen molar-refractivity contribution >= 4 is 27.0 Å². The van der Waals surface area contributed by atoms with Gasteiger partial charge in [0.2, 0.25) is 5.71 Å². The molecule has 2 aromatic carbocycles. The largest absolute Gasteiger partial charge is 0.392 e. The van der Waals surface area contributed by atoms with Crippen LogP contribution in [0.5, 0.6) is 0 Å². The molecule has 0 atom stereocenters. The molecule has 4 aliphatic rings. The highest BCUT2D eigenvalue weighted by atomic mass is 32.3. The molecule has 0 radical (unpaired) electrons. The number of hydrogen-bond donors (Lipinski definition) is 1. The van der Waals surface area contributed by atoms with Crippen LogP contribution in [0.1, 0.15) is 29.5 Å². The van der Waals surface area contributed by atoms with Crippen molar-refractivity contribution in [2.45, 2.75) is 24.3 Å². The van der Waals surface area contributed by atoms with Gasteiger partial charge >= 0.3 is 0 Å². The number of allylic oxidation sites excluding steroid dienone is 4. The Balaban J connectivity index is 1.59. The Kier molecular flexibility index (Phi) is 4.70. The fourth-order valence-corrected chi connectivity index (χ4v) is 7.68. The molecule has 0 amide bonds. The highest BCUT2D eigenvalue weighted by molar-refractivity contribution is 8.36. The third kappa shape index (κ3) is 3.04. The van der Waals surface area contributed by atoms with Gasteiger partial charge < -0.3 is 10.0 Å². The second-order valence-corrected chi connectivity index (χ2v) is 13.1. The van der Waals surface area contributed by atoms with Crippen molar-refractivity contribution < 1.29 is 9.68 Å². The number of fused-ring (bicyclic) bond motifs is 2. The van der Waals surface area contributed by atoms with Gasteiger partial charge in [-0.2, -0.15) is 10.0 Å². The van der Waals surface area contributed by atoms with E-state index >= 15 is 0 Å². The number of anilines is 1. The van der Waals surface area contributed by atoms with E-state index in [0.717, 1.165) is 5.56 Å². The molecule has 32 heavy (non-hydrogen) atoms. The standard InChI is InChI=1S/C28H31N2OS/c1-32(2)26-17-22(29-13-3-14-29)9-11-24(26)28(21-7-5-20(19-31)6-8-21)25-12-10-23(18-27(25)32)30-15-4-16-30/h5-12,17-18,31H,3-4,13-16,19H2,1-2H3/q+1. The summed E-state index contributed by atoms with van der Waals surface area (Å²) in [6.07, 6.45) is 14.7. The average molecular weight is 444 g/mol. The monoisotopic (exact) mass is 443 g/mol. The van der Waals surface area contributed by atoms with Gasteiger partial charge in [-0.3, -0.25) is 0 Å². The Bertz CT molecular complexity index is 1220. The molecule has 3 heterocycles. The topological polar surface area (TPSA) is 26.5 Å². The SMILES string of the molecule is CS1(C)C2=CC(=[N+]3CCC3)C=CC2=C(c2ccc(CO)cc2)c2ccc(N3CCC3)cc21. The summed E-state index contributed by atoms with van der Waals surface area (Å²) in [4.78, 5) is 5.49. The summed E-state index contributed by atoms with van der Waals surface area (Å²) in [6.45, 7) is 4.76. The Morgan fingerprint density at radius 1 is 0.969 bits per heavy atom. The molecule has 6 rings (SSSR count). The Labute approximate surface area is 192 Å². The van der Waals surface area contributed by atoms with E-state index in [0.29, 0.717) is 0 Å². The second-order valence-electron chi connectivity index (χ2n) is 9.60. The maximum absolute atomic E-state index is 9.53. The van der Waals surface area contributed by atoms with Gasteiger partial charge in [-0.25, -0.2) is 4.58 Å². The van der Waals surface area contributed by atoms with Gasteiger partial charge in [-0.05, 0) is 65.0 Å². The minimum absolute atomic E-state index is 0.0817. The molecule has 0 unspecified atom stereocenters. The van der Waals surface area contributed by atoms with Crippen molar-refractivity contribution in [3.63, 3.8) is 0 Å². The highest BCUT2D eigenvalue weighted by Gasteiger charge is 2.37. The maximum Gasteiger partial charge on any atom is 0.201 e. The number of benzene rings is 2. The molecule has 2 saturated heterocycles. The lowest BCUT2D eigenvalue weighted by atomic mass is 9.89. The van der Waals surface area contributed by atoms with Crippen LogP contribution in [0.25, 0.3) is 5.57 Å². The van der Waals surface area contributed by atoms with E-state index in [1.165, 1.54) is 82.5 Å². The summed E-state index contributed by atoms with van der Waals surface area (Å²) in [5, 5.41) is 9.53. The Morgan fingerprint density at radius 2 is 1.75 bits per heavy atom. The third-order valence-corrected chi connectivity index (χ3v) is 10.3. The predicted octanol–water partition coefficient (Wildman–Crippen LogP) is 4.94. The number of nitrogens with zero attached hydrogens (tertiary/aromatic N) is 2. The molecule has 0 saturated carbocycles.